The van der Waals surface area contributed by atoms with Gasteiger partial charge in [-0.2, -0.15) is 5.26 Å². The molecule has 0 radical (unpaired) electrons. The van der Waals surface area contributed by atoms with Crippen molar-refractivity contribution < 1.29 is 0 Å². The second-order valence-electron chi connectivity index (χ2n) is 4.97. The lowest BCUT2D eigenvalue weighted by Gasteiger charge is -2.38. The highest BCUT2D eigenvalue weighted by atomic mass is 15.3. The molecule has 3 rings (SSSR count). The molecule has 2 saturated heterocycles. The molecule has 0 aliphatic carbocycles. The van der Waals surface area contributed by atoms with Crippen LogP contribution in [0.25, 0.3) is 0 Å². The van der Waals surface area contributed by atoms with Crippen LogP contribution in [0.5, 0.6) is 0 Å². The van der Waals surface area contributed by atoms with E-state index in [1.165, 1.54) is 12.0 Å². The molecule has 1 aromatic carbocycles. The van der Waals surface area contributed by atoms with Crippen molar-refractivity contribution in [2.75, 3.05) is 6.54 Å². The predicted molar refractivity (Wildman–Crippen MR) is 66.2 cm³/mol. The summed E-state index contributed by atoms with van der Waals surface area (Å²) in [6, 6.07) is 14.0. The molecular weight excluding hydrogens is 210 g/mol. The Labute approximate surface area is 102 Å². The van der Waals surface area contributed by atoms with Crippen LogP contribution in [-0.2, 0) is 6.54 Å². The number of benzene rings is 1. The summed E-state index contributed by atoms with van der Waals surface area (Å²) < 4.78 is 0. The first-order chi connectivity index (χ1) is 8.38. The summed E-state index contributed by atoms with van der Waals surface area (Å²) in [6.07, 6.45) is 2.38. The molecule has 2 aliphatic heterocycles. The first kappa shape index (κ1) is 10.8. The molecular formula is C14H17N3. The van der Waals surface area contributed by atoms with Crippen LogP contribution in [-0.4, -0.2) is 29.6 Å². The van der Waals surface area contributed by atoms with Gasteiger partial charge in [-0.1, -0.05) is 30.3 Å². The van der Waals surface area contributed by atoms with Crippen LogP contribution in [0.4, 0.5) is 0 Å². The fourth-order valence-electron chi connectivity index (χ4n) is 3.11. The van der Waals surface area contributed by atoms with Gasteiger partial charge < -0.3 is 0 Å². The van der Waals surface area contributed by atoms with Crippen molar-refractivity contribution in [3.63, 3.8) is 0 Å². The third kappa shape index (κ3) is 1.95. The highest BCUT2D eigenvalue weighted by Gasteiger charge is 2.41. The Kier molecular flexibility index (Phi) is 2.84. The molecule has 0 amide bonds. The zero-order valence-electron chi connectivity index (χ0n) is 9.84. The number of hydrogen-bond acceptors (Lipinski definition) is 3. The minimum Gasteiger partial charge on any atom is -0.299 e. The van der Waals surface area contributed by atoms with Crippen molar-refractivity contribution in [3.05, 3.63) is 35.9 Å². The first-order valence-corrected chi connectivity index (χ1v) is 6.31. The van der Waals surface area contributed by atoms with Gasteiger partial charge in [0.1, 0.15) is 6.04 Å². The Morgan fingerprint density at radius 3 is 2.88 bits per heavy atom. The van der Waals surface area contributed by atoms with E-state index in [2.05, 4.69) is 40.6 Å². The third-order valence-electron chi connectivity index (χ3n) is 4.00. The summed E-state index contributed by atoms with van der Waals surface area (Å²) in [4.78, 5) is 2.51. The van der Waals surface area contributed by atoms with Crippen molar-refractivity contribution in [2.45, 2.75) is 37.5 Å². The van der Waals surface area contributed by atoms with Crippen molar-refractivity contribution in [2.24, 2.45) is 0 Å². The van der Waals surface area contributed by atoms with Crippen molar-refractivity contribution in [1.82, 2.24) is 10.2 Å². The number of nitriles is 1. The zero-order chi connectivity index (χ0) is 11.7. The van der Waals surface area contributed by atoms with Gasteiger partial charge in [-0.25, -0.2) is 0 Å². The van der Waals surface area contributed by atoms with E-state index in [1.807, 2.05) is 6.07 Å². The summed E-state index contributed by atoms with van der Waals surface area (Å²) in [7, 11) is 0. The molecule has 2 bridgehead atoms. The molecule has 2 aliphatic rings. The maximum Gasteiger partial charge on any atom is 0.111 e. The number of nitrogens with one attached hydrogen (secondary N) is 1. The summed E-state index contributed by atoms with van der Waals surface area (Å²) in [5.74, 6) is 0. The average molecular weight is 227 g/mol. The molecule has 3 nitrogen and oxygen atoms in total. The van der Waals surface area contributed by atoms with Gasteiger partial charge in [-0.05, 0) is 18.4 Å². The number of hydrogen-bond donors (Lipinski definition) is 1. The van der Waals surface area contributed by atoms with Crippen LogP contribution in [0, 0.1) is 11.3 Å². The Balaban J connectivity index is 1.77. The molecule has 0 aromatic heterocycles. The average Bonchev–Trinajstić information content (AvgIpc) is 2.64. The lowest BCUT2D eigenvalue weighted by molar-refractivity contribution is 0.126. The Hall–Kier alpha value is -1.37. The Morgan fingerprint density at radius 2 is 2.12 bits per heavy atom. The normalized spacial score (nSPS) is 32.3. The van der Waals surface area contributed by atoms with Gasteiger partial charge in [0.15, 0.2) is 0 Å². The number of fused-ring (bicyclic) bond motifs is 2. The molecule has 3 heteroatoms. The van der Waals surface area contributed by atoms with E-state index in [9.17, 15) is 0 Å². The van der Waals surface area contributed by atoms with Gasteiger partial charge in [0.05, 0.1) is 6.07 Å². The van der Waals surface area contributed by atoms with Crippen molar-refractivity contribution in [1.29, 1.82) is 5.26 Å². The second kappa shape index (κ2) is 4.48. The number of nitrogens with zero attached hydrogens (tertiary/aromatic N) is 2. The van der Waals surface area contributed by atoms with Crippen LogP contribution < -0.4 is 5.32 Å². The first-order valence-electron chi connectivity index (χ1n) is 6.31. The standard InChI is InChI=1S/C14H17N3/c15-8-13-14-7-6-12(9-16-13)17(14)10-11-4-2-1-3-5-11/h1-5,12-14,16H,6-7,9-10H2. The van der Waals surface area contributed by atoms with E-state index in [0.717, 1.165) is 19.5 Å². The molecule has 2 fully saturated rings. The topological polar surface area (TPSA) is 39.1 Å². The van der Waals surface area contributed by atoms with Crippen molar-refractivity contribution >= 4 is 0 Å². The summed E-state index contributed by atoms with van der Waals surface area (Å²) in [5.41, 5.74) is 1.35. The second-order valence-corrected chi connectivity index (χ2v) is 4.97. The monoisotopic (exact) mass is 227 g/mol. The third-order valence-corrected chi connectivity index (χ3v) is 4.00. The van der Waals surface area contributed by atoms with E-state index < -0.39 is 0 Å². The lowest BCUT2D eigenvalue weighted by Crippen LogP contribution is -2.56. The fourth-order valence-corrected chi connectivity index (χ4v) is 3.11. The van der Waals surface area contributed by atoms with Crippen molar-refractivity contribution in [3.8, 4) is 6.07 Å². The van der Waals surface area contributed by atoms with Gasteiger partial charge in [-0.15, -0.1) is 0 Å². The predicted octanol–water partition coefficient (Wildman–Crippen LogP) is 1.51. The molecule has 1 N–H and O–H groups in total. The Morgan fingerprint density at radius 1 is 1.29 bits per heavy atom. The number of rotatable bonds is 2. The summed E-state index contributed by atoms with van der Waals surface area (Å²) in [5, 5.41) is 12.5. The van der Waals surface area contributed by atoms with Gasteiger partial charge >= 0.3 is 0 Å². The smallest absolute Gasteiger partial charge is 0.111 e. The molecule has 88 valence electrons. The molecule has 0 saturated carbocycles. The maximum atomic E-state index is 9.16. The van der Waals surface area contributed by atoms with Crippen LogP contribution in [0.3, 0.4) is 0 Å². The molecule has 0 spiro atoms. The quantitative estimate of drug-likeness (QED) is 0.832. The van der Waals surface area contributed by atoms with Gasteiger partial charge in [0.25, 0.3) is 0 Å². The summed E-state index contributed by atoms with van der Waals surface area (Å²) >= 11 is 0. The van der Waals surface area contributed by atoms with Crippen LogP contribution in [0.15, 0.2) is 30.3 Å². The lowest BCUT2D eigenvalue weighted by atomic mass is 10.1. The van der Waals surface area contributed by atoms with Crippen LogP contribution in [0.2, 0.25) is 0 Å². The highest BCUT2D eigenvalue weighted by Crippen LogP contribution is 2.31. The number of piperazine rings is 1. The molecule has 3 atom stereocenters. The van der Waals surface area contributed by atoms with E-state index in [4.69, 9.17) is 5.26 Å². The van der Waals surface area contributed by atoms with E-state index in [0.29, 0.717) is 12.1 Å². The van der Waals surface area contributed by atoms with E-state index >= 15 is 0 Å². The van der Waals surface area contributed by atoms with Gasteiger partial charge in [-0.3, -0.25) is 10.2 Å². The molecule has 3 unspecified atom stereocenters. The fraction of sp³-hybridized carbons (Fsp3) is 0.500. The van der Waals surface area contributed by atoms with Gasteiger partial charge in [0.2, 0.25) is 0 Å². The van der Waals surface area contributed by atoms with E-state index in [-0.39, 0.29) is 6.04 Å². The minimum atomic E-state index is 0.0115. The molecule has 1 aromatic rings. The highest BCUT2D eigenvalue weighted by molar-refractivity contribution is 5.17. The summed E-state index contributed by atoms with van der Waals surface area (Å²) in [6.45, 7) is 1.94. The van der Waals surface area contributed by atoms with Crippen LogP contribution >= 0.6 is 0 Å². The van der Waals surface area contributed by atoms with Crippen LogP contribution in [0.1, 0.15) is 18.4 Å². The SMILES string of the molecule is N#CC1NCC2CCC1N2Cc1ccccc1. The molecule has 17 heavy (non-hydrogen) atoms. The van der Waals surface area contributed by atoms with Gasteiger partial charge in [0, 0.05) is 25.2 Å². The Bertz CT molecular complexity index is 423. The van der Waals surface area contributed by atoms with E-state index in [1.54, 1.807) is 0 Å². The zero-order valence-corrected chi connectivity index (χ0v) is 9.84. The minimum absolute atomic E-state index is 0.0115. The maximum absolute atomic E-state index is 9.16. The largest absolute Gasteiger partial charge is 0.299 e. The molecule has 2 heterocycles.